The van der Waals surface area contributed by atoms with Crippen LogP contribution in [0.1, 0.15) is 33.0 Å². The number of aryl methyl sites for hydroxylation is 2. The second-order valence-corrected chi connectivity index (χ2v) is 9.57. The van der Waals surface area contributed by atoms with Gasteiger partial charge in [-0.25, -0.2) is 4.98 Å². The monoisotopic (exact) mass is 374 g/mol. The molecule has 1 amide bonds. The summed E-state index contributed by atoms with van der Waals surface area (Å²) < 4.78 is 6.25. The number of rotatable bonds is 4. The molecule has 2 aliphatic heterocycles. The Morgan fingerprint density at radius 1 is 1.40 bits per heavy atom. The first-order valence-electron chi connectivity index (χ1n) is 8.56. The van der Waals surface area contributed by atoms with Gasteiger partial charge in [0.15, 0.2) is 0 Å². The van der Waals surface area contributed by atoms with Gasteiger partial charge in [0.2, 0.25) is 0 Å². The Kier molecular flexibility index (Phi) is 4.60. The molecule has 4 rings (SSSR count). The van der Waals surface area contributed by atoms with Crippen molar-refractivity contribution in [2.45, 2.75) is 37.7 Å². The highest BCUT2D eigenvalue weighted by molar-refractivity contribution is 8.01. The van der Waals surface area contributed by atoms with Gasteiger partial charge in [-0.1, -0.05) is 17.7 Å². The van der Waals surface area contributed by atoms with Gasteiger partial charge >= 0.3 is 0 Å². The summed E-state index contributed by atoms with van der Waals surface area (Å²) in [4.78, 5) is 19.0. The van der Waals surface area contributed by atoms with Crippen LogP contribution in [0, 0.1) is 13.8 Å². The Morgan fingerprint density at radius 3 is 2.96 bits per heavy atom. The minimum Gasteiger partial charge on any atom is -0.371 e. The topological polar surface area (TPSA) is 42.4 Å². The van der Waals surface area contributed by atoms with Gasteiger partial charge in [0.25, 0.3) is 5.91 Å². The Balaban J connectivity index is 1.29. The van der Waals surface area contributed by atoms with E-state index in [1.54, 1.807) is 11.3 Å². The Bertz CT molecular complexity index is 783. The first kappa shape index (κ1) is 17.1. The highest BCUT2D eigenvalue weighted by Gasteiger charge is 2.51. The molecule has 2 fully saturated rings. The summed E-state index contributed by atoms with van der Waals surface area (Å²) in [6.07, 6.45) is 1.29. The molecule has 0 saturated carbocycles. The average molecular weight is 375 g/mol. The van der Waals surface area contributed by atoms with Crippen molar-refractivity contribution in [3.05, 3.63) is 51.5 Å². The molecule has 0 aliphatic carbocycles. The third kappa shape index (κ3) is 3.61. The number of nitrogens with zero attached hydrogens (tertiary/aromatic N) is 2. The number of amides is 1. The summed E-state index contributed by atoms with van der Waals surface area (Å²) in [5.74, 6) is 1.16. The maximum atomic E-state index is 12.6. The number of hydrogen-bond acceptors (Lipinski definition) is 5. The number of aromatic nitrogens is 1. The lowest BCUT2D eigenvalue weighted by Gasteiger charge is -2.47. The van der Waals surface area contributed by atoms with Crippen LogP contribution in [-0.2, 0) is 11.3 Å². The largest absolute Gasteiger partial charge is 0.371 e. The van der Waals surface area contributed by atoms with Gasteiger partial charge in [0.1, 0.15) is 0 Å². The van der Waals surface area contributed by atoms with E-state index in [1.165, 1.54) is 0 Å². The molecule has 1 unspecified atom stereocenters. The van der Waals surface area contributed by atoms with Crippen molar-refractivity contribution in [1.82, 2.24) is 9.88 Å². The zero-order chi connectivity index (χ0) is 17.4. The highest BCUT2D eigenvalue weighted by atomic mass is 32.2. The van der Waals surface area contributed by atoms with Gasteiger partial charge in [0.05, 0.1) is 28.2 Å². The van der Waals surface area contributed by atoms with E-state index in [1.807, 2.05) is 54.8 Å². The molecule has 1 spiro atoms. The summed E-state index contributed by atoms with van der Waals surface area (Å²) >= 11 is 3.63. The van der Waals surface area contributed by atoms with Crippen LogP contribution < -0.4 is 0 Å². The van der Waals surface area contributed by atoms with Gasteiger partial charge in [0, 0.05) is 29.8 Å². The van der Waals surface area contributed by atoms with Crippen LogP contribution in [-0.4, -0.2) is 45.5 Å². The van der Waals surface area contributed by atoms with E-state index in [-0.39, 0.29) is 16.8 Å². The normalized spacial score (nSPS) is 21.5. The number of benzene rings is 1. The van der Waals surface area contributed by atoms with Crippen molar-refractivity contribution in [3.63, 3.8) is 0 Å². The van der Waals surface area contributed by atoms with E-state index in [4.69, 9.17) is 4.74 Å². The second-order valence-electron chi connectivity index (χ2n) is 7.02. The standard InChI is InChI=1S/C19H22N2O2S2/c1-13-4-3-5-15(6-13)18(22)21-11-19(12-21)7-17(10-25-19)23-8-16-9-24-14(2)20-16/h3-6,9,17H,7-8,10-12H2,1-2H3. The molecule has 2 saturated heterocycles. The molecule has 1 aromatic carbocycles. The lowest BCUT2D eigenvalue weighted by atomic mass is 9.92. The molecule has 1 atom stereocenters. The molecule has 6 heteroatoms. The quantitative estimate of drug-likeness (QED) is 0.819. The second kappa shape index (κ2) is 6.74. The van der Waals surface area contributed by atoms with Crippen molar-refractivity contribution in [2.24, 2.45) is 0 Å². The molecule has 2 aromatic rings. The number of thiazole rings is 1. The molecular formula is C19H22N2O2S2. The molecule has 0 radical (unpaired) electrons. The Morgan fingerprint density at radius 2 is 2.24 bits per heavy atom. The Hall–Kier alpha value is -1.37. The lowest BCUT2D eigenvalue weighted by molar-refractivity contribution is 0.0246. The van der Waals surface area contributed by atoms with E-state index < -0.39 is 0 Å². The first-order valence-corrected chi connectivity index (χ1v) is 10.4. The zero-order valence-corrected chi connectivity index (χ0v) is 16.2. The van der Waals surface area contributed by atoms with Crippen molar-refractivity contribution >= 4 is 29.0 Å². The highest BCUT2D eigenvalue weighted by Crippen LogP contribution is 2.46. The molecule has 132 valence electrons. The first-order chi connectivity index (χ1) is 12.0. The fourth-order valence-electron chi connectivity index (χ4n) is 3.56. The van der Waals surface area contributed by atoms with Gasteiger partial charge in [-0.3, -0.25) is 4.79 Å². The number of thioether (sulfide) groups is 1. The molecule has 0 bridgehead atoms. The Labute approximate surface area is 156 Å². The van der Waals surface area contributed by atoms with Crippen molar-refractivity contribution < 1.29 is 9.53 Å². The van der Waals surface area contributed by atoms with E-state index in [0.717, 1.165) is 47.1 Å². The number of hydrogen-bond donors (Lipinski definition) is 0. The van der Waals surface area contributed by atoms with Gasteiger partial charge in [-0.15, -0.1) is 23.1 Å². The minimum absolute atomic E-state index is 0.150. The summed E-state index contributed by atoms with van der Waals surface area (Å²) in [6, 6.07) is 7.85. The molecule has 1 aromatic heterocycles. The fraction of sp³-hybridized carbons (Fsp3) is 0.474. The third-order valence-electron chi connectivity index (χ3n) is 4.82. The van der Waals surface area contributed by atoms with Crippen LogP contribution in [0.25, 0.3) is 0 Å². The SMILES string of the molecule is Cc1cccc(C(=O)N2CC3(CC(OCc4csc(C)n4)CS3)C2)c1. The van der Waals surface area contributed by atoms with Crippen LogP contribution in [0.3, 0.4) is 0 Å². The molecule has 4 nitrogen and oxygen atoms in total. The lowest BCUT2D eigenvalue weighted by Crippen LogP contribution is -2.60. The zero-order valence-electron chi connectivity index (χ0n) is 14.5. The van der Waals surface area contributed by atoms with E-state index >= 15 is 0 Å². The van der Waals surface area contributed by atoms with Gasteiger partial charge in [-0.05, 0) is 32.4 Å². The number of likely N-dealkylation sites (tertiary alicyclic amines) is 1. The van der Waals surface area contributed by atoms with Crippen LogP contribution in [0.5, 0.6) is 0 Å². The molecule has 2 aliphatic rings. The summed E-state index contributed by atoms with van der Waals surface area (Å²) in [5, 5.41) is 3.15. The predicted octanol–water partition coefficient (Wildman–Crippen LogP) is 3.68. The summed E-state index contributed by atoms with van der Waals surface area (Å²) in [5.41, 5.74) is 2.95. The van der Waals surface area contributed by atoms with Crippen LogP contribution >= 0.6 is 23.1 Å². The maximum absolute atomic E-state index is 12.6. The molecule has 0 N–H and O–H groups in total. The van der Waals surface area contributed by atoms with Crippen molar-refractivity contribution in [1.29, 1.82) is 0 Å². The van der Waals surface area contributed by atoms with E-state index in [2.05, 4.69) is 10.4 Å². The minimum atomic E-state index is 0.150. The third-order valence-corrected chi connectivity index (χ3v) is 7.22. The van der Waals surface area contributed by atoms with Crippen LogP contribution in [0.2, 0.25) is 0 Å². The number of carbonyl (C=O) groups is 1. The van der Waals surface area contributed by atoms with Crippen LogP contribution in [0.4, 0.5) is 0 Å². The van der Waals surface area contributed by atoms with Crippen LogP contribution in [0.15, 0.2) is 29.6 Å². The summed E-state index contributed by atoms with van der Waals surface area (Å²) in [7, 11) is 0. The molecular weight excluding hydrogens is 352 g/mol. The summed E-state index contributed by atoms with van der Waals surface area (Å²) in [6.45, 7) is 6.30. The fourth-order valence-corrected chi connectivity index (χ4v) is 5.71. The smallest absolute Gasteiger partial charge is 0.253 e. The maximum Gasteiger partial charge on any atom is 0.253 e. The number of carbonyl (C=O) groups excluding carboxylic acids is 1. The molecule has 3 heterocycles. The van der Waals surface area contributed by atoms with E-state index in [9.17, 15) is 4.79 Å². The molecule has 25 heavy (non-hydrogen) atoms. The van der Waals surface area contributed by atoms with Gasteiger partial charge in [-0.2, -0.15) is 0 Å². The number of ether oxygens (including phenoxy) is 1. The van der Waals surface area contributed by atoms with E-state index in [0.29, 0.717) is 6.61 Å². The average Bonchev–Trinajstić information content (AvgIpc) is 3.17. The van der Waals surface area contributed by atoms with Gasteiger partial charge < -0.3 is 9.64 Å². The van der Waals surface area contributed by atoms with Crippen molar-refractivity contribution in [3.8, 4) is 0 Å². The predicted molar refractivity (Wildman–Crippen MR) is 102 cm³/mol. The van der Waals surface area contributed by atoms with Crippen molar-refractivity contribution in [2.75, 3.05) is 18.8 Å².